The van der Waals surface area contributed by atoms with E-state index in [2.05, 4.69) is 4.74 Å². The third-order valence-corrected chi connectivity index (χ3v) is 2.62. The van der Waals surface area contributed by atoms with E-state index >= 15 is 0 Å². The summed E-state index contributed by atoms with van der Waals surface area (Å²) in [6, 6.07) is 7.75. The predicted octanol–water partition coefficient (Wildman–Crippen LogP) is 2.57. The molecule has 0 saturated carbocycles. The van der Waals surface area contributed by atoms with Gasteiger partial charge in [0.2, 0.25) is 0 Å². The third kappa shape index (κ3) is 3.26. The molecule has 0 unspecified atom stereocenters. The number of hydrogen-bond acceptors (Lipinski definition) is 3. The molecule has 0 N–H and O–H groups in total. The molecule has 0 amide bonds. The van der Waals surface area contributed by atoms with E-state index < -0.39 is 0 Å². The molecule has 0 radical (unpaired) electrons. The van der Waals surface area contributed by atoms with Crippen molar-refractivity contribution in [1.29, 1.82) is 0 Å². The van der Waals surface area contributed by atoms with Gasteiger partial charge in [-0.05, 0) is 32.9 Å². The molecule has 1 aromatic carbocycles. The smallest absolute Gasteiger partial charge is 0.312 e. The standard InChI is InChI=1S/C13H18O3/c1-9-5-7-12(8-6-9)16-11(3)10(2)13(14)15-4/h5-8,10-11H,1-4H3/t10-,11-/m1/s1. The molecule has 0 spiro atoms. The Morgan fingerprint density at radius 1 is 1.19 bits per heavy atom. The van der Waals surface area contributed by atoms with Crippen molar-refractivity contribution in [2.24, 2.45) is 5.92 Å². The van der Waals surface area contributed by atoms with Gasteiger partial charge in [-0.1, -0.05) is 17.7 Å². The highest BCUT2D eigenvalue weighted by Crippen LogP contribution is 2.17. The molecule has 88 valence electrons. The Hall–Kier alpha value is -1.51. The van der Waals surface area contributed by atoms with Crippen LogP contribution in [0.1, 0.15) is 19.4 Å². The normalized spacial score (nSPS) is 14.0. The summed E-state index contributed by atoms with van der Waals surface area (Å²) < 4.78 is 10.3. The molecule has 0 heterocycles. The van der Waals surface area contributed by atoms with Crippen molar-refractivity contribution in [3.63, 3.8) is 0 Å². The van der Waals surface area contributed by atoms with Crippen LogP contribution in [0.4, 0.5) is 0 Å². The van der Waals surface area contributed by atoms with Crippen molar-refractivity contribution in [3.8, 4) is 5.75 Å². The summed E-state index contributed by atoms with van der Waals surface area (Å²) in [7, 11) is 1.39. The van der Waals surface area contributed by atoms with Gasteiger partial charge in [0.15, 0.2) is 0 Å². The van der Waals surface area contributed by atoms with Gasteiger partial charge in [-0.3, -0.25) is 4.79 Å². The molecule has 0 bridgehead atoms. The first-order valence-corrected chi connectivity index (χ1v) is 5.35. The largest absolute Gasteiger partial charge is 0.490 e. The quantitative estimate of drug-likeness (QED) is 0.734. The van der Waals surface area contributed by atoms with Crippen molar-refractivity contribution in [2.75, 3.05) is 7.11 Å². The molecular formula is C13H18O3. The molecule has 1 rings (SSSR count). The summed E-state index contributed by atoms with van der Waals surface area (Å²) >= 11 is 0. The van der Waals surface area contributed by atoms with Crippen molar-refractivity contribution < 1.29 is 14.3 Å². The van der Waals surface area contributed by atoms with Gasteiger partial charge in [-0.25, -0.2) is 0 Å². The number of carbonyl (C=O) groups excluding carboxylic acids is 1. The average Bonchev–Trinajstić information content (AvgIpc) is 2.30. The minimum atomic E-state index is -0.272. The molecule has 3 heteroatoms. The van der Waals surface area contributed by atoms with Gasteiger partial charge in [0.05, 0.1) is 13.0 Å². The van der Waals surface area contributed by atoms with E-state index in [1.165, 1.54) is 12.7 Å². The fourth-order valence-electron chi connectivity index (χ4n) is 1.31. The summed E-state index contributed by atoms with van der Waals surface area (Å²) in [5.41, 5.74) is 1.18. The minimum Gasteiger partial charge on any atom is -0.490 e. The Labute approximate surface area is 96.4 Å². The van der Waals surface area contributed by atoms with E-state index in [9.17, 15) is 4.79 Å². The maximum atomic E-state index is 11.3. The SMILES string of the molecule is COC(=O)[C@H](C)[C@@H](C)Oc1ccc(C)cc1. The van der Waals surface area contributed by atoms with Crippen molar-refractivity contribution in [1.82, 2.24) is 0 Å². The van der Waals surface area contributed by atoms with Gasteiger partial charge in [0.1, 0.15) is 11.9 Å². The highest BCUT2D eigenvalue weighted by Gasteiger charge is 2.22. The maximum absolute atomic E-state index is 11.3. The summed E-state index contributed by atoms with van der Waals surface area (Å²) in [5, 5.41) is 0. The molecular weight excluding hydrogens is 204 g/mol. The minimum absolute atomic E-state index is 0.199. The van der Waals surface area contributed by atoms with Crippen LogP contribution in [0.3, 0.4) is 0 Å². The average molecular weight is 222 g/mol. The number of carbonyl (C=O) groups is 1. The second kappa shape index (κ2) is 5.54. The summed E-state index contributed by atoms with van der Waals surface area (Å²) in [6.45, 7) is 5.68. The number of esters is 1. The number of aryl methyl sites for hydroxylation is 1. The second-order valence-electron chi connectivity index (χ2n) is 3.95. The Morgan fingerprint density at radius 2 is 1.75 bits per heavy atom. The maximum Gasteiger partial charge on any atom is 0.312 e. The van der Waals surface area contributed by atoms with Gasteiger partial charge in [-0.2, -0.15) is 0 Å². The molecule has 0 saturated heterocycles. The summed E-state index contributed by atoms with van der Waals surface area (Å²) in [5.74, 6) is 0.250. The van der Waals surface area contributed by atoms with E-state index in [0.29, 0.717) is 0 Å². The van der Waals surface area contributed by atoms with Crippen LogP contribution in [-0.2, 0) is 9.53 Å². The van der Waals surface area contributed by atoms with E-state index in [0.717, 1.165) is 5.75 Å². The molecule has 0 aliphatic heterocycles. The fraction of sp³-hybridized carbons (Fsp3) is 0.462. The van der Waals surface area contributed by atoms with Crippen LogP contribution in [0.25, 0.3) is 0 Å². The van der Waals surface area contributed by atoms with Gasteiger partial charge in [0, 0.05) is 0 Å². The predicted molar refractivity (Wildman–Crippen MR) is 62.4 cm³/mol. The van der Waals surface area contributed by atoms with Gasteiger partial charge >= 0.3 is 5.97 Å². The number of methoxy groups -OCH3 is 1. The second-order valence-corrected chi connectivity index (χ2v) is 3.95. The monoisotopic (exact) mass is 222 g/mol. The number of benzene rings is 1. The van der Waals surface area contributed by atoms with Crippen LogP contribution in [0.2, 0.25) is 0 Å². The van der Waals surface area contributed by atoms with E-state index in [1.54, 1.807) is 6.92 Å². The van der Waals surface area contributed by atoms with E-state index in [-0.39, 0.29) is 18.0 Å². The van der Waals surface area contributed by atoms with Crippen LogP contribution in [0.15, 0.2) is 24.3 Å². The Morgan fingerprint density at radius 3 is 2.25 bits per heavy atom. The molecule has 0 aromatic heterocycles. The zero-order valence-electron chi connectivity index (χ0n) is 10.2. The van der Waals surface area contributed by atoms with Gasteiger partial charge in [0.25, 0.3) is 0 Å². The van der Waals surface area contributed by atoms with E-state index in [1.807, 2.05) is 38.1 Å². The van der Waals surface area contributed by atoms with Crippen LogP contribution in [0.5, 0.6) is 5.75 Å². The summed E-state index contributed by atoms with van der Waals surface area (Å²) in [4.78, 5) is 11.3. The van der Waals surface area contributed by atoms with Crippen molar-refractivity contribution in [3.05, 3.63) is 29.8 Å². The Bertz CT molecular complexity index is 343. The number of hydrogen-bond donors (Lipinski definition) is 0. The molecule has 0 fully saturated rings. The molecule has 16 heavy (non-hydrogen) atoms. The molecule has 0 aliphatic rings. The number of rotatable bonds is 4. The lowest BCUT2D eigenvalue weighted by atomic mass is 10.1. The molecule has 2 atom stereocenters. The zero-order chi connectivity index (χ0) is 12.1. The lowest BCUT2D eigenvalue weighted by molar-refractivity contribution is -0.147. The molecule has 3 nitrogen and oxygen atoms in total. The van der Waals surface area contributed by atoms with Crippen LogP contribution >= 0.6 is 0 Å². The van der Waals surface area contributed by atoms with Crippen LogP contribution < -0.4 is 4.74 Å². The van der Waals surface area contributed by atoms with Gasteiger partial charge in [-0.15, -0.1) is 0 Å². The zero-order valence-corrected chi connectivity index (χ0v) is 10.2. The van der Waals surface area contributed by atoms with Crippen LogP contribution in [0, 0.1) is 12.8 Å². The van der Waals surface area contributed by atoms with Crippen molar-refractivity contribution >= 4 is 5.97 Å². The highest BCUT2D eigenvalue weighted by molar-refractivity contribution is 5.72. The third-order valence-electron chi connectivity index (χ3n) is 2.62. The first-order chi connectivity index (χ1) is 7.54. The van der Waals surface area contributed by atoms with Crippen LogP contribution in [-0.4, -0.2) is 19.2 Å². The van der Waals surface area contributed by atoms with Crippen molar-refractivity contribution in [2.45, 2.75) is 26.9 Å². The fourth-order valence-corrected chi connectivity index (χ4v) is 1.31. The number of ether oxygens (including phenoxy) is 2. The summed E-state index contributed by atoms with van der Waals surface area (Å²) in [6.07, 6.45) is -0.199. The Kier molecular flexibility index (Phi) is 4.35. The van der Waals surface area contributed by atoms with E-state index in [4.69, 9.17) is 4.74 Å². The first kappa shape index (κ1) is 12.6. The highest BCUT2D eigenvalue weighted by atomic mass is 16.5. The van der Waals surface area contributed by atoms with Gasteiger partial charge < -0.3 is 9.47 Å². The lowest BCUT2D eigenvalue weighted by Gasteiger charge is -2.19. The molecule has 0 aliphatic carbocycles. The lowest BCUT2D eigenvalue weighted by Crippen LogP contribution is -2.29. The topological polar surface area (TPSA) is 35.5 Å². The Balaban J connectivity index is 2.60. The molecule has 1 aromatic rings. The first-order valence-electron chi connectivity index (χ1n) is 5.35.